The number of carbonyl (C=O) groups excluding carboxylic acids is 1. The number of nitrogens with zero attached hydrogens (tertiary/aromatic N) is 3. The summed E-state index contributed by atoms with van der Waals surface area (Å²) < 4.78 is 36.3. The third-order valence-corrected chi connectivity index (χ3v) is 5.90. The van der Waals surface area contributed by atoms with E-state index in [9.17, 15) is 18.3 Å². The number of amidine groups is 2. The van der Waals surface area contributed by atoms with Crippen LogP contribution in [0, 0.1) is 19.3 Å². The van der Waals surface area contributed by atoms with Gasteiger partial charge in [0, 0.05) is 14.1 Å². The lowest BCUT2D eigenvalue weighted by Crippen LogP contribution is -2.32. The van der Waals surface area contributed by atoms with Gasteiger partial charge in [0.2, 0.25) is 0 Å². The molecule has 11 heteroatoms. The molecule has 33 heavy (non-hydrogen) atoms. The molecule has 0 spiro atoms. The number of phenols is 1. The second kappa shape index (κ2) is 8.54. The maximum Gasteiger partial charge on any atom is 0.345 e. The summed E-state index contributed by atoms with van der Waals surface area (Å²) in [4.78, 5) is 18.5. The highest BCUT2D eigenvalue weighted by Crippen LogP contribution is 2.38. The smallest absolute Gasteiger partial charge is 0.345 e. The van der Waals surface area contributed by atoms with Gasteiger partial charge in [-0.3, -0.25) is 9.79 Å². The third-order valence-electron chi connectivity index (χ3n) is 5.03. The zero-order valence-corrected chi connectivity index (χ0v) is 20.5. The number of aryl methyl sites for hydroxylation is 2. The van der Waals surface area contributed by atoms with Crippen LogP contribution in [0.1, 0.15) is 54.3 Å². The molecule has 0 bridgehead atoms. The van der Waals surface area contributed by atoms with Gasteiger partial charge in [0.1, 0.15) is 17.6 Å². The summed E-state index contributed by atoms with van der Waals surface area (Å²) in [6.45, 7) is 9.38. The van der Waals surface area contributed by atoms with Gasteiger partial charge in [0.15, 0.2) is 17.4 Å². The SMILES string of the molecule is Cc1ccc(C(N=C2NS(=O)(=O)N=C2Nc2ccc(C)c(C(=O)N(C)C)c2O)C(C)(C)C)o1. The Morgan fingerprint density at radius 3 is 2.42 bits per heavy atom. The van der Waals surface area contributed by atoms with E-state index in [4.69, 9.17) is 4.42 Å². The Kier molecular flexibility index (Phi) is 6.29. The molecule has 1 amide bonds. The highest BCUT2D eigenvalue weighted by molar-refractivity contribution is 7.89. The van der Waals surface area contributed by atoms with Crippen molar-refractivity contribution in [3.8, 4) is 5.75 Å². The molecule has 1 aliphatic heterocycles. The van der Waals surface area contributed by atoms with Gasteiger partial charge < -0.3 is 19.7 Å². The molecular formula is C22H29N5O5S. The average Bonchev–Trinajstić information content (AvgIpc) is 3.22. The number of carbonyl (C=O) groups is 1. The zero-order chi connectivity index (χ0) is 24.7. The van der Waals surface area contributed by atoms with Crippen LogP contribution in [-0.2, 0) is 10.2 Å². The lowest BCUT2D eigenvalue weighted by Gasteiger charge is -2.26. The van der Waals surface area contributed by atoms with E-state index >= 15 is 0 Å². The van der Waals surface area contributed by atoms with Crippen molar-refractivity contribution in [3.63, 3.8) is 0 Å². The first-order valence-corrected chi connectivity index (χ1v) is 11.7. The first kappa shape index (κ1) is 24.3. The fraction of sp³-hybridized carbons (Fsp3) is 0.409. The minimum Gasteiger partial charge on any atom is -0.505 e. The van der Waals surface area contributed by atoms with Gasteiger partial charge in [0.05, 0.1) is 11.3 Å². The van der Waals surface area contributed by atoms with Crippen molar-refractivity contribution < 1.29 is 22.7 Å². The zero-order valence-electron chi connectivity index (χ0n) is 19.7. The molecular weight excluding hydrogens is 446 g/mol. The summed E-state index contributed by atoms with van der Waals surface area (Å²) in [5.41, 5.74) is 0.396. The molecule has 2 aromatic rings. The number of hydrogen-bond donors (Lipinski definition) is 3. The summed E-state index contributed by atoms with van der Waals surface area (Å²) in [5, 5.41) is 13.6. The molecule has 3 rings (SSSR count). The summed E-state index contributed by atoms with van der Waals surface area (Å²) in [6.07, 6.45) is 0. The van der Waals surface area contributed by atoms with E-state index in [1.807, 2.05) is 33.8 Å². The summed E-state index contributed by atoms with van der Waals surface area (Å²) in [7, 11) is -0.884. The van der Waals surface area contributed by atoms with Crippen molar-refractivity contribution >= 4 is 33.5 Å². The quantitative estimate of drug-likeness (QED) is 0.581. The molecule has 1 atom stereocenters. The van der Waals surface area contributed by atoms with Gasteiger partial charge in [-0.15, -0.1) is 4.40 Å². The van der Waals surface area contributed by atoms with Crippen LogP contribution in [0.25, 0.3) is 0 Å². The minimum absolute atomic E-state index is 0.0237. The van der Waals surface area contributed by atoms with Gasteiger partial charge in [-0.05, 0) is 43.0 Å². The minimum atomic E-state index is -4.04. The van der Waals surface area contributed by atoms with E-state index in [2.05, 4.69) is 19.4 Å². The number of furan rings is 1. The normalized spacial score (nSPS) is 17.4. The van der Waals surface area contributed by atoms with E-state index in [1.54, 1.807) is 39.2 Å². The topological polar surface area (TPSA) is 137 Å². The standard InChI is InChI=1S/C22H29N5O5S/c1-12-8-10-14(17(28)16(12)21(29)27(6)7)23-19-20(26-33(30,31)25-19)24-18(22(3,4)5)15-11-9-13(2)32-15/h8-11,18,28H,1-7H3,(H,23,25)(H,24,26). The number of aliphatic imine (C=N–C) groups is 1. The predicted molar refractivity (Wildman–Crippen MR) is 127 cm³/mol. The van der Waals surface area contributed by atoms with Gasteiger partial charge >= 0.3 is 10.2 Å². The van der Waals surface area contributed by atoms with Gasteiger partial charge in [-0.2, -0.15) is 8.42 Å². The monoisotopic (exact) mass is 475 g/mol. The average molecular weight is 476 g/mol. The van der Waals surface area contributed by atoms with E-state index in [-0.39, 0.29) is 34.6 Å². The Labute approximate surface area is 193 Å². The first-order valence-electron chi connectivity index (χ1n) is 10.3. The molecule has 3 N–H and O–H groups in total. The number of nitrogens with one attached hydrogen (secondary N) is 2. The Hall–Kier alpha value is -3.34. The highest BCUT2D eigenvalue weighted by Gasteiger charge is 2.34. The molecule has 1 aromatic heterocycles. The van der Waals surface area contributed by atoms with E-state index < -0.39 is 21.7 Å². The van der Waals surface area contributed by atoms with Crippen LogP contribution in [0.15, 0.2) is 38.1 Å². The fourth-order valence-corrected chi connectivity index (χ4v) is 4.17. The van der Waals surface area contributed by atoms with E-state index in [0.29, 0.717) is 17.1 Å². The molecule has 0 saturated carbocycles. The molecule has 2 heterocycles. The maximum absolute atomic E-state index is 12.5. The van der Waals surface area contributed by atoms with Crippen LogP contribution < -0.4 is 10.0 Å². The fourth-order valence-electron chi connectivity index (χ4n) is 3.35. The van der Waals surface area contributed by atoms with E-state index in [1.165, 1.54) is 4.90 Å². The summed E-state index contributed by atoms with van der Waals surface area (Å²) >= 11 is 0. The summed E-state index contributed by atoms with van der Waals surface area (Å²) in [5.74, 6) is 0.465. The Morgan fingerprint density at radius 2 is 1.88 bits per heavy atom. The van der Waals surface area contributed by atoms with Crippen LogP contribution in [0.3, 0.4) is 0 Å². The number of aromatic hydroxyl groups is 1. The van der Waals surface area contributed by atoms with Crippen molar-refractivity contribution in [1.29, 1.82) is 0 Å². The van der Waals surface area contributed by atoms with Crippen LogP contribution >= 0.6 is 0 Å². The van der Waals surface area contributed by atoms with Crippen molar-refractivity contribution in [2.45, 2.75) is 40.7 Å². The van der Waals surface area contributed by atoms with Crippen LogP contribution in [0.5, 0.6) is 5.75 Å². The van der Waals surface area contributed by atoms with Crippen molar-refractivity contribution in [2.24, 2.45) is 14.8 Å². The predicted octanol–water partition coefficient (Wildman–Crippen LogP) is 3.15. The number of hydrogen-bond acceptors (Lipinski definition) is 7. The summed E-state index contributed by atoms with van der Waals surface area (Å²) in [6, 6.07) is 6.28. The Morgan fingerprint density at radius 1 is 1.21 bits per heavy atom. The lowest BCUT2D eigenvalue weighted by atomic mass is 9.85. The lowest BCUT2D eigenvalue weighted by molar-refractivity contribution is 0.0824. The molecule has 1 aromatic carbocycles. The first-order chi connectivity index (χ1) is 15.2. The molecule has 0 radical (unpaired) electrons. The van der Waals surface area contributed by atoms with Crippen LogP contribution in [0.2, 0.25) is 0 Å². The van der Waals surface area contributed by atoms with Gasteiger partial charge in [-0.1, -0.05) is 26.8 Å². The Bertz CT molecular complexity index is 1250. The number of anilines is 1. The van der Waals surface area contributed by atoms with Crippen LogP contribution in [-0.4, -0.2) is 50.1 Å². The third kappa shape index (κ3) is 5.19. The molecule has 1 unspecified atom stereocenters. The van der Waals surface area contributed by atoms with Gasteiger partial charge in [0.25, 0.3) is 5.91 Å². The number of rotatable bonds is 4. The maximum atomic E-state index is 12.5. The largest absolute Gasteiger partial charge is 0.505 e. The second-order valence-electron chi connectivity index (χ2n) is 9.19. The highest BCUT2D eigenvalue weighted by atomic mass is 32.2. The number of phenolic OH excluding ortho intramolecular Hbond substituents is 1. The molecule has 1 aliphatic rings. The molecule has 10 nitrogen and oxygen atoms in total. The molecule has 0 saturated heterocycles. The molecule has 0 aliphatic carbocycles. The second-order valence-corrected chi connectivity index (χ2v) is 10.5. The van der Waals surface area contributed by atoms with Crippen LogP contribution in [0.4, 0.5) is 5.69 Å². The van der Waals surface area contributed by atoms with E-state index in [0.717, 1.165) is 0 Å². The molecule has 178 valence electrons. The van der Waals surface area contributed by atoms with Crippen molar-refractivity contribution in [1.82, 2.24) is 9.62 Å². The molecule has 0 fully saturated rings. The number of amides is 1. The number of benzene rings is 1. The Balaban J connectivity index is 2.05. The van der Waals surface area contributed by atoms with Crippen molar-refractivity contribution in [3.05, 3.63) is 46.9 Å². The van der Waals surface area contributed by atoms with Gasteiger partial charge in [-0.25, -0.2) is 4.72 Å². The van der Waals surface area contributed by atoms with Crippen molar-refractivity contribution in [2.75, 3.05) is 19.4 Å².